The molecular formula is C51H40N4S. The Kier molecular flexibility index (Phi) is 8.15. The molecule has 0 amide bonds. The number of allylic oxidation sites excluding steroid dienone is 4. The number of nitrogens with one attached hydrogen (secondary N) is 2. The van der Waals surface area contributed by atoms with Crippen LogP contribution in [0.15, 0.2) is 175 Å². The van der Waals surface area contributed by atoms with Crippen molar-refractivity contribution in [3.05, 3.63) is 191 Å². The van der Waals surface area contributed by atoms with Crippen molar-refractivity contribution >= 4 is 55.1 Å². The lowest BCUT2D eigenvalue weighted by atomic mass is 9.95. The summed E-state index contributed by atoms with van der Waals surface area (Å²) >= 11 is 1.97. The van der Waals surface area contributed by atoms with Crippen LogP contribution in [0.4, 0.5) is 0 Å². The molecule has 2 aromatic heterocycles. The predicted octanol–water partition coefficient (Wildman–Crippen LogP) is 12.4. The molecule has 56 heavy (non-hydrogen) atoms. The molecule has 0 saturated heterocycles. The maximum absolute atomic E-state index is 5.29. The molecule has 2 aliphatic carbocycles. The molecule has 5 heteroatoms. The largest absolute Gasteiger partial charge is 0.354 e. The number of aromatic nitrogens is 1. The van der Waals surface area contributed by atoms with Crippen molar-refractivity contribution in [1.29, 1.82) is 0 Å². The van der Waals surface area contributed by atoms with Gasteiger partial charge in [0.2, 0.25) is 0 Å². The van der Waals surface area contributed by atoms with Gasteiger partial charge >= 0.3 is 0 Å². The van der Waals surface area contributed by atoms with Crippen LogP contribution in [0.5, 0.6) is 0 Å². The first-order valence-corrected chi connectivity index (χ1v) is 20.5. The number of thiophene rings is 1. The number of aliphatic imine (C=N–C) groups is 1. The smallest absolute Gasteiger partial charge is 0.131 e. The van der Waals surface area contributed by atoms with E-state index in [1.54, 1.807) is 0 Å². The van der Waals surface area contributed by atoms with Crippen molar-refractivity contribution in [1.82, 2.24) is 15.2 Å². The van der Waals surface area contributed by atoms with Gasteiger partial charge in [-0.3, -0.25) is 5.32 Å². The van der Waals surface area contributed by atoms with Crippen LogP contribution in [-0.4, -0.2) is 16.6 Å². The fourth-order valence-electron chi connectivity index (χ4n) is 8.88. The molecule has 3 atom stereocenters. The minimum Gasteiger partial charge on any atom is -0.354 e. The minimum atomic E-state index is -0.216. The minimum absolute atomic E-state index is 0.0370. The lowest BCUT2D eigenvalue weighted by Crippen LogP contribution is -2.54. The molecule has 3 aliphatic rings. The van der Waals surface area contributed by atoms with Crippen molar-refractivity contribution in [2.45, 2.75) is 31.6 Å². The molecule has 270 valence electrons. The Balaban J connectivity index is 1.06. The number of fused-ring (bicyclic) bond motifs is 6. The molecular weight excluding hydrogens is 701 g/mol. The van der Waals surface area contributed by atoms with Crippen molar-refractivity contribution in [3.8, 4) is 27.9 Å². The summed E-state index contributed by atoms with van der Waals surface area (Å²) in [4.78, 5) is 6.80. The molecule has 2 N–H and O–H groups in total. The number of amidine groups is 1. The van der Waals surface area contributed by atoms with E-state index in [0.29, 0.717) is 5.92 Å². The third-order valence-electron chi connectivity index (χ3n) is 11.7. The second-order valence-electron chi connectivity index (χ2n) is 15.1. The second-order valence-corrected chi connectivity index (χ2v) is 16.2. The molecule has 11 rings (SSSR count). The number of aryl methyl sites for hydroxylation is 1. The van der Waals surface area contributed by atoms with Gasteiger partial charge in [0.15, 0.2) is 0 Å². The molecule has 6 aromatic carbocycles. The van der Waals surface area contributed by atoms with E-state index in [-0.39, 0.29) is 12.3 Å². The predicted molar refractivity (Wildman–Crippen MR) is 237 cm³/mol. The third-order valence-corrected chi connectivity index (χ3v) is 13.0. The quantitative estimate of drug-likeness (QED) is 0.178. The summed E-state index contributed by atoms with van der Waals surface area (Å²) in [6.07, 6.45) is 16.5. The molecule has 0 bridgehead atoms. The van der Waals surface area contributed by atoms with Gasteiger partial charge in [-0.05, 0) is 89.0 Å². The normalized spacial score (nSPS) is 19.0. The highest BCUT2D eigenvalue weighted by atomic mass is 32.1. The van der Waals surface area contributed by atoms with Gasteiger partial charge in [0.25, 0.3) is 0 Å². The van der Waals surface area contributed by atoms with Crippen LogP contribution >= 0.6 is 11.3 Å². The van der Waals surface area contributed by atoms with E-state index >= 15 is 0 Å². The third kappa shape index (κ3) is 5.74. The zero-order valence-corrected chi connectivity index (χ0v) is 31.7. The number of benzene rings is 6. The Bertz CT molecular complexity index is 2910. The zero-order valence-electron chi connectivity index (χ0n) is 30.9. The topological polar surface area (TPSA) is 41.4 Å². The maximum Gasteiger partial charge on any atom is 0.131 e. The second kappa shape index (κ2) is 13.8. The summed E-state index contributed by atoms with van der Waals surface area (Å²) in [7, 11) is 0. The van der Waals surface area contributed by atoms with Gasteiger partial charge in [0.05, 0.1) is 17.2 Å². The highest BCUT2D eigenvalue weighted by Crippen LogP contribution is 2.43. The van der Waals surface area contributed by atoms with E-state index in [2.05, 4.69) is 191 Å². The lowest BCUT2D eigenvalue weighted by molar-refractivity contribution is 0.328. The Labute approximate surface area is 330 Å². The molecule has 3 heterocycles. The van der Waals surface area contributed by atoms with Gasteiger partial charge in [-0.2, -0.15) is 0 Å². The van der Waals surface area contributed by atoms with E-state index in [4.69, 9.17) is 4.99 Å². The Morgan fingerprint density at radius 3 is 2.21 bits per heavy atom. The summed E-state index contributed by atoms with van der Waals surface area (Å²) in [5.41, 5.74) is 12.1. The van der Waals surface area contributed by atoms with Crippen molar-refractivity contribution in [3.63, 3.8) is 0 Å². The fourth-order valence-corrected chi connectivity index (χ4v) is 10.2. The van der Waals surface area contributed by atoms with Crippen LogP contribution in [0.2, 0.25) is 0 Å². The van der Waals surface area contributed by atoms with Gasteiger partial charge in [-0.25, -0.2) is 4.99 Å². The average Bonchev–Trinajstić information content (AvgIpc) is 3.82. The molecule has 0 fully saturated rings. The van der Waals surface area contributed by atoms with Gasteiger partial charge in [0.1, 0.15) is 12.0 Å². The standard InChI is InChI=1S/C51H40N4S/c1-4-14-33(15-5-1)36-26-28-45-43(31-36)44-32-37(40-23-13-24-42-41-22-10-11-25-47(41)56-48(40)42)27-29-46(44)55(45)39-21-12-20-38(30-39)51-53-49(34-16-6-2-7-17-34)52-50(54-51)35-18-8-3-9-19-35/h1-10,12-18,20-24,26-32,35,50-51,54H,11,19,25H2,(H,52,53). The highest BCUT2D eigenvalue weighted by Gasteiger charge is 2.29. The molecule has 1 aliphatic heterocycles. The van der Waals surface area contributed by atoms with Gasteiger partial charge in [-0.15, -0.1) is 11.3 Å². The molecule has 0 radical (unpaired) electrons. The van der Waals surface area contributed by atoms with Gasteiger partial charge in [-0.1, -0.05) is 140 Å². The van der Waals surface area contributed by atoms with Crippen LogP contribution in [0.25, 0.3) is 65.9 Å². The average molecular weight is 741 g/mol. The Morgan fingerprint density at radius 2 is 1.41 bits per heavy atom. The van der Waals surface area contributed by atoms with E-state index in [1.165, 1.54) is 64.6 Å². The van der Waals surface area contributed by atoms with Crippen LogP contribution in [-0.2, 0) is 6.42 Å². The van der Waals surface area contributed by atoms with Crippen LogP contribution in [0, 0.1) is 5.92 Å². The summed E-state index contributed by atoms with van der Waals surface area (Å²) in [6, 6.07) is 51.0. The van der Waals surface area contributed by atoms with Gasteiger partial charge in [0, 0.05) is 42.9 Å². The zero-order chi connectivity index (χ0) is 37.0. The number of nitrogens with zero attached hydrogens (tertiary/aromatic N) is 2. The summed E-state index contributed by atoms with van der Waals surface area (Å²) in [5, 5.41) is 11.5. The molecule has 0 spiro atoms. The Hall–Kier alpha value is -6.27. The first kappa shape index (κ1) is 33.1. The molecule has 4 nitrogen and oxygen atoms in total. The Morgan fingerprint density at radius 1 is 0.643 bits per heavy atom. The molecule has 8 aromatic rings. The maximum atomic E-state index is 5.29. The fraction of sp³-hybridized carbons (Fsp3) is 0.118. The first-order valence-electron chi connectivity index (χ1n) is 19.7. The number of rotatable bonds is 6. The summed E-state index contributed by atoms with van der Waals surface area (Å²) in [6.45, 7) is 0. The number of hydrogen-bond donors (Lipinski definition) is 2. The van der Waals surface area contributed by atoms with Crippen molar-refractivity contribution in [2.75, 3.05) is 0 Å². The van der Waals surface area contributed by atoms with Gasteiger partial charge < -0.3 is 9.88 Å². The van der Waals surface area contributed by atoms with Crippen LogP contribution in [0.1, 0.15) is 40.6 Å². The SMILES string of the molecule is C1=CCC(C2NC(c3ccccc3)=NC(c3cccc(-n4c5ccc(-c6ccccc6)cc5c5cc(-c6cccc7c8c(sc67)CCC=C8)ccc54)c3)N2)C=C1. The highest BCUT2D eigenvalue weighted by molar-refractivity contribution is 7.20. The summed E-state index contributed by atoms with van der Waals surface area (Å²) < 4.78 is 3.82. The molecule has 0 saturated carbocycles. The van der Waals surface area contributed by atoms with E-state index in [9.17, 15) is 0 Å². The number of hydrogen-bond acceptors (Lipinski definition) is 4. The molecule has 3 unspecified atom stereocenters. The first-order chi connectivity index (χ1) is 27.7. The van der Waals surface area contributed by atoms with E-state index in [0.717, 1.165) is 41.9 Å². The van der Waals surface area contributed by atoms with Crippen molar-refractivity contribution < 1.29 is 0 Å². The van der Waals surface area contributed by atoms with E-state index in [1.807, 2.05) is 11.3 Å². The summed E-state index contributed by atoms with van der Waals surface area (Å²) in [5.74, 6) is 1.23. The van der Waals surface area contributed by atoms with Crippen LogP contribution < -0.4 is 10.6 Å². The lowest BCUT2D eigenvalue weighted by Gasteiger charge is -2.36. The van der Waals surface area contributed by atoms with Crippen molar-refractivity contribution in [2.24, 2.45) is 10.9 Å². The van der Waals surface area contributed by atoms with E-state index < -0.39 is 0 Å². The monoisotopic (exact) mass is 740 g/mol. The van der Waals surface area contributed by atoms with Crippen LogP contribution in [0.3, 0.4) is 0 Å².